The molecule has 2 rings (SSSR count). The van der Waals surface area contributed by atoms with Crippen LogP contribution in [-0.2, 0) is 18.3 Å². The predicted octanol–water partition coefficient (Wildman–Crippen LogP) is 6.70. The van der Waals surface area contributed by atoms with E-state index in [9.17, 15) is 0 Å². The molecule has 0 radical (unpaired) electrons. The van der Waals surface area contributed by atoms with Gasteiger partial charge in [0.15, 0.2) is 0 Å². The number of unbranched alkanes of at least 4 members (excludes halogenated alkanes) is 2. The van der Waals surface area contributed by atoms with Gasteiger partial charge in [0.05, 0.1) is 0 Å². The topological polar surface area (TPSA) is 0 Å². The minimum absolute atomic E-state index is 0.0621. The van der Waals surface area contributed by atoms with Crippen molar-refractivity contribution in [3.63, 3.8) is 0 Å². The summed E-state index contributed by atoms with van der Waals surface area (Å²) in [5.74, 6) is 0. The van der Waals surface area contributed by atoms with E-state index in [1.165, 1.54) is 49.7 Å². The molecule has 0 nitrogen and oxygen atoms in total. The number of aryl methyl sites for hydroxylation is 1. The lowest BCUT2D eigenvalue weighted by Gasteiger charge is -2.30. The summed E-state index contributed by atoms with van der Waals surface area (Å²) in [5.41, 5.74) is 6.16. The monoisotopic (exact) mass is 308 g/mol. The molecule has 0 atom stereocenters. The van der Waals surface area contributed by atoms with Crippen LogP contribution in [0.3, 0.4) is 0 Å². The summed E-state index contributed by atoms with van der Waals surface area (Å²) in [6.07, 6.45) is 7.54. The highest BCUT2D eigenvalue weighted by Crippen LogP contribution is 2.35. The molecule has 0 saturated carbocycles. The van der Waals surface area contributed by atoms with Crippen molar-refractivity contribution in [2.75, 3.05) is 0 Å². The van der Waals surface area contributed by atoms with Gasteiger partial charge >= 0.3 is 0 Å². The summed E-state index contributed by atoms with van der Waals surface area (Å²) < 4.78 is 0. The molecule has 0 amide bonds. The molecule has 0 aromatic heterocycles. The van der Waals surface area contributed by atoms with Gasteiger partial charge in [0.1, 0.15) is 0 Å². The molecule has 124 valence electrons. The van der Waals surface area contributed by atoms with E-state index in [4.69, 9.17) is 0 Å². The van der Waals surface area contributed by atoms with Crippen LogP contribution in [-0.4, -0.2) is 0 Å². The Labute approximate surface area is 143 Å². The second-order valence-electron chi connectivity index (χ2n) is 7.14. The molecule has 2 aromatic rings. The lowest BCUT2D eigenvalue weighted by atomic mass is 9.74. The van der Waals surface area contributed by atoms with Crippen LogP contribution in [0.1, 0.15) is 75.6 Å². The molecule has 0 unspecified atom stereocenters. The maximum atomic E-state index is 2.37. The van der Waals surface area contributed by atoms with Crippen molar-refractivity contribution in [2.45, 2.75) is 71.6 Å². The highest BCUT2D eigenvalue weighted by atomic mass is 14.3. The zero-order valence-electron chi connectivity index (χ0n) is 15.4. The number of benzene rings is 2. The van der Waals surface area contributed by atoms with E-state index >= 15 is 0 Å². The van der Waals surface area contributed by atoms with Crippen LogP contribution in [0.25, 0.3) is 0 Å². The van der Waals surface area contributed by atoms with Gasteiger partial charge in [0.2, 0.25) is 0 Å². The van der Waals surface area contributed by atoms with Crippen LogP contribution in [0.5, 0.6) is 0 Å². The van der Waals surface area contributed by atoms with Gasteiger partial charge in [-0.25, -0.2) is 0 Å². The van der Waals surface area contributed by atoms with Gasteiger partial charge in [-0.05, 0) is 41.5 Å². The van der Waals surface area contributed by atoms with Crippen molar-refractivity contribution in [1.29, 1.82) is 0 Å². The van der Waals surface area contributed by atoms with Crippen molar-refractivity contribution < 1.29 is 0 Å². The molecule has 0 aliphatic heterocycles. The Morgan fingerprint density at radius 2 is 1.48 bits per heavy atom. The van der Waals surface area contributed by atoms with Crippen molar-refractivity contribution in [3.05, 3.63) is 70.8 Å². The summed E-state index contributed by atoms with van der Waals surface area (Å²) in [7, 11) is 0. The third kappa shape index (κ3) is 4.25. The number of hydrogen-bond acceptors (Lipinski definition) is 0. The standard InChI is InChI=1S/C23H32/c1-5-7-9-17-21-19(13-6-2)14-12-18-22(21)23(3,4)20-15-10-8-11-16-20/h8,10-12,14-16,18H,5-7,9,13,17H2,1-4H3. The van der Waals surface area contributed by atoms with Gasteiger partial charge in [-0.15, -0.1) is 0 Å². The molecule has 0 spiro atoms. The Morgan fingerprint density at radius 3 is 2.13 bits per heavy atom. The third-order valence-electron chi connectivity index (χ3n) is 4.99. The van der Waals surface area contributed by atoms with Gasteiger partial charge in [-0.2, -0.15) is 0 Å². The van der Waals surface area contributed by atoms with Crippen LogP contribution in [0.4, 0.5) is 0 Å². The Morgan fingerprint density at radius 1 is 0.739 bits per heavy atom. The summed E-state index contributed by atoms with van der Waals surface area (Å²) >= 11 is 0. The fourth-order valence-electron chi connectivity index (χ4n) is 3.58. The van der Waals surface area contributed by atoms with Crippen LogP contribution in [0, 0.1) is 0 Å². The average molecular weight is 309 g/mol. The molecule has 0 saturated heterocycles. The lowest BCUT2D eigenvalue weighted by Crippen LogP contribution is -2.22. The highest BCUT2D eigenvalue weighted by Gasteiger charge is 2.26. The van der Waals surface area contributed by atoms with Crippen molar-refractivity contribution in [2.24, 2.45) is 0 Å². The minimum Gasteiger partial charge on any atom is -0.0654 e. The second kappa shape index (κ2) is 8.34. The second-order valence-corrected chi connectivity index (χ2v) is 7.14. The Hall–Kier alpha value is -1.56. The minimum atomic E-state index is 0.0621. The van der Waals surface area contributed by atoms with Gasteiger partial charge in [0, 0.05) is 5.41 Å². The quantitative estimate of drug-likeness (QED) is 0.476. The maximum absolute atomic E-state index is 2.37. The predicted molar refractivity (Wildman–Crippen MR) is 102 cm³/mol. The van der Waals surface area contributed by atoms with Crippen molar-refractivity contribution in [3.8, 4) is 0 Å². The van der Waals surface area contributed by atoms with E-state index in [0.717, 1.165) is 0 Å². The smallest absolute Gasteiger partial charge is 0.0149 e. The van der Waals surface area contributed by atoms with Gasteiger partial charge in [-0.1, -0.05) is 95.5 Å². The first kappa shape index (κ1) is 17.8. The molecule has 0 N–H and O–H groups in total. The van der Waals surface area contributed by atoms with Crippen LogP contribution in [0.15, 0.2) is 48.5 Å². The van der Waals surface area contributed by atoms with Crippen LogP contribution < -0.4 is 0 Å². The zero-order valence-corrected chi connectivity index (χ0v) is 15.4. The molecule has 0 fully saturated rings. The lowest BCUT2D eigenvalue weighted by molar-refractivity contribution is 0.619. The first-order valence-electron chi connectivity index (χ1n) is 9.28. The van der Waals surface area contributed by atoms with E-state index in [1.54, 1.807) is 11.1 Å². The normalized spacial score (nSPS) is 11.7. The summed E-state index contributed by atoms with van der Waals surface area (Å²) in [6, 6.07) is 17.9. The largest absolute Gasteiger partial charge is 0.0654 e. The van der Waals surface area contributed by atoms with E-state index in [-0.39, 0.29) is 5.41 Å². The molecule has 0 heterocycles. The molecule has 0 aliphatic carbocycles. The maximum Gasteiger partial charge on any atom is 0.0149 e. The molecular weight excluding hydrogens is 276 g/mol. The zero-order chi connectivity index (χ0) is 16.7. The summed E-state index contributed by atoms with van der Waals surface area (Å²) in [4.78, 5) is 0. The van der Waals surface area contributed by atoms with E-state index in [2.05, 4.69) is 76.2 Å². The van der Waals surface area contributed by atoms with Gasteiger partial charge < -0.3 is 0 Å². The third-order valence-corrected chi connectivity index (χ3v) is 4.99. The average Bonchev–Trinajstić information content (AvgIpc) is 2.57. The van der Waals surface area contributed by atoms with Gasteiger partial charge in [0.25, 0.3) is 0 Å². The molecular formula is C23H32. The Kier molecular flexibility index (Phi) is 6.45. The van der Waals surface area contributed by atoms with Crippen molar-refractivity contribution >= 4 is 0 Å². The molecule has 23 heavy (non-hydrogen) atoms. The Balaban J connectivity index is 2.45. The molecule has 2 aromatic carbocycles. The summed E-state index contributed by atoms with van der Waals surface area (Å²) in [5, 5.41) is 0. The fraction of sp³-hybridized carbons (Fsp3) is 0.478. The number of hydrogen-bond donors (Lipinski definition) is 0. The van der Waals surface area contributed by atoms with E-state index in [1.807, 2.05) is 0 Å². The van der Waals surface area contributed by atoms with Crippen LogP contribution in [0.2, 0.25) is 0 Å². The highest BCUT2D eigenvalue weighted by molar-refractivity contribution is 5.46. The first-order valence-corrected chi connectivity index (χ1v) is 9.28. The fourth-order valence-corrected chi connectivity index (χ4v) is 3.58. The van der Waals surface area contributed by atoms with Crippen LogP contribution >= 0.6 is 0 Å². The SMILES string of the molecule is CCCCCc1c(CCC)cccc1C(C)(C)c1ccccc1. The van der Waals surface area contributed by atoms with E-state index in [0.29, 0.717) is 0 Å². The molecule has 0 heteroatoms. The van der Waals surface area contributed by atoms with E-state index < -0.39 is 0 Å². The molecule has 0 bridgehead atoms. The van der Waals surface area contributed by atoms with Gasteiger partial charge in [-0.3, -0.25) is 0 Å². The Bertz CT molecular complexity index is 593. The summed E-state index contributed by atoms with van der Waals surface area (Å²) in [6.45, 7) is 9.31. The first-order chi connectivity index (χ1) is 11.1. The van der Waals surface area contributed by atoms with Crippen molar-refractivity contribution in [1.82, 2.24) is 0 Å². The number of rotatable bonds is 8. The molecule has 0 aliphatic rings.